The molecule has 12 aromatic rings. The van der Waals surface area contributed by atoms with Gasteiger partial charge in [-0.1, -0.05) is 241 Å². The molecular weight excluding hydrogens is 1170 g/mol. The lowest BCUT2D eigenvalue weighted by Gasteiger charge is -2.22. The Kier molecular flexibility index (Phi) is 16.3. The monoisotopic (exact) mass is 1250 g/mol. The average molecular weight is 1260 g/mol. The molecule has 6 nitrogen and oxygen atoms in total. The minimum atomic E-state index is 0.0396. The predicted octanol–water partition coefficient (Wildman–Crippen LogP) is 22.2. The highest BCUT2D eigenvalue weighted by atomic mass is 14.8. The zero-order valence-electron chi connectivity index (χ0n) is 59.5. The molecule has 0 unspecified atom stereocenters. The Morgan fingerprint density at radius 1 is 0.240 bits per heavy atom. The number of fused-ring (bicyclic) bond motifs is 18. The fraction of sp³-hybridized carbons (Fsp3) is 0.267. The van der Waals surface area contributed by atoms with Crippen LogP contribution < -0.4 is 0 Å². The van der Waals surface area contributed by atoms with Gasteiger partial charge in [0.1, 0.15) is 0 Å². The van der Waals surface area contributed by atoms with Crippen LogP contribution in [0.2, 0.25) is 0 Å². The molecule has 0 radical (unpaired) electrons. The van der Waals surface area contributed by atoms with Crippen molar-refractivity contribution in [3.8, 4) is 66.9 Å². The van der Waals surface area contributed by atoms with E-state index in [-0.39, 0.29) is 32.5 Å². The fourth-order valence-corrected chi connectivity index (χ4v) is 16.5. The fourth-order valence-electron chi connectivity index (χ4n) is 16.5. The summed E-state index contributed by atoms with van der Waals surface area (Å²) < 4.78 is 0. The summed E-state index contributed by atoms with van der Waals surface area (Å²) in [5, 5.41) is 0. The molecule has 6 aliphatic carbocycles. The smallest absolute Gasteiger partial charge is 0.0749 e. The normalized spacial score (nSPS) is 15.7. The maximum Gasteiger partial charge on any atom is 0.0749 e. The van der Waals surface area contributed by atoms with Crippen molar-refractivity contribution >= 4 is 0 Å². The van der Waals surface area contributed by atoms with Crippen molar-refractivity contribution in [1.82, 2.24) is 29.9 Å². The van der Waals surface area contributed by atoms with E-state index in [0.717, 1.165) is 34.2 Å². The van der Waals surface area contributed by atoms with Crippen molar-refractivity contribution in [3.05, 3.63) is 320 Å². The van der Waals surface area contributed by atoms with Gasteiger partial charge >= 0.3 is 0 Å². The van der Waals surface area contributed by atoms with Crippen LogP contribution >= 0.6 is 0 Å². The van der Waals surface area contributed by atoms with Crippen molar-refractivity contribution in [2.75, 3.05) is 0 Å². The molecule has 6 aliphatic rings. The summed E-state index contributed by atoms with van der Waals surface area (Å²) in [6, 6.07) is 69.2. The third-order valence-corrected chi connectivity index (χ3v) is 21.6. The Morgan fingerprint density at radius 3 is 1.27 bits per heavy atom. The second-order valence-electron chi connectivity index (χ2n) is 30.1. The highest BCUT2D eigenvalue weighted by Crippen LogP contribution is 2.54. The Hall–Kier alpha value is -9.78. The van der Waals surface area contributed by atoms with Gasteiger partial charge in [0.25, 0.3) is 0 Å². The second-order valence-corrected chi connectivity index (χ2v) is 30.1. The lowest BCUT2D eigenvalue weighted by atomic mass is 9.82. The number of rotatable bonds is 0. The van der Waals surface area contributed by atoms with Gasteiger partial charge in [-0.3, -0.25) is 29.9 Å². The first kappa shape index (κ1) is 64.9. The van der Waals surface area contributed by atoms with Gasteiger partial charge in [0.2, 0.25) is 0 Å². The van der Waals surface area contributed by atoms with Crippen molar-refractivity contribution in [2.45, 2.75) is 157 Å². The van der Waals surface area contributed by atoms with Crippen LogP contribution in [-0.4, -0.2) is 29.9 Å². The molecule has 0 amide bonds. The number of aromatic nitrogens is 6. The summed E-state index contributed by atoms with van der Waals surface area (Å²) in [7, 11) is 0. The van der Waals surface area contributed by atoms with E-state index in [1.807, 2.05) is 38.6 Å². The maximum absolute atomic E-state index is 4.72. The molecule has 0 fully saturated rings. The van der Waals surface area contributed by atoms with Crippen LogP contribution in [0.3, 0.4) is 0 Å². The topological polar surface area (TPSA) is 77.3 Å². The minimum Gasteiger partial charge on any atom is -0.261 e. The molecule has 0 aliphatic heterocycles. The predicted molar refractivity (Wildman–Crippen MR) is 399 cm³/mol. The van der Waals surface area contributed by atoms with Crippen LogP contribution in [0, 0.1) is 41.5 Å². The van der Waals surface area contributed by atoms with Gasteiger partial charge in [0, 0.05) is 114 Å². The first-order chi connectivity index (χ1) is 45.7. The summed E-state index contributed by atoms with van der Waals surface area (Å²) in [4.78, 5) is 27.1. The zero-order chi connectivity index (χ0) is 68.0. The summed E-state index contributed by atoms with van der Waals surface area (Å²) >= 11 is 0. The number of pyridine rings is 6. The number of benzene rings is 6. The maximum atomic E-state index is 4.72. The molecule has 18 rings (SSSR count). The van der Waals surface area contributed by atoms with E-state index in [4.69, 9.17) is 9.97 Å². The van der Waals surface area contributed by atoms with Gasteiger partial charge < -0.3 is 0 Å². The Balaban J connectivity index is 0.000000104. The van der Waals surface area contributed by atoms with E-state index in [0.29, 0.717) is 0 Å². The lowest BCUT2D eigenvalue weighted by Crippen LogP contribution is -2.16. The number of hydrogen-bond acceptors (Lipinski definition) is 6. The van der Waals surface area contributed by atoms with E-state index in [1.54, 1.807) is 0 Å². The first-order valence-corrected chi connectivity index (χ1v) is 34.1. The third kappa shape index (κ3) is 10.8. The summed E-state index contributed by atoms with van der Waals surface area (Å²) in [6.07, 6.45) is 7.87. The molecule has 0 N–H and O–H groups in total. The van der Waals surface area contributed by atoms with Gasteiger partial charge in [-0.05, 0) is 178 Å². The van der Waals surface area contributed by atoms with Crippen molar-refractivity contribution in [2.24, 2.45) is 0 Å². The first-order valence-electron chi connectivity index (χ1n) is 34.1. The summed E-state index contributed by atoms with van der Waals surface area (Å²) in [6.45, 7) is 39.7. The summed E-state index contributed by atoms with van der Waals surface area (Å²) in [5.41, 5.74) is 39.6. The zero-order valence-corrected chi connectivity index (χ0v) is 59.5. The van der Waals surface area contributed by atoms with Crippen LogP contribution in [0.25, 0.3) is 66.9 Å². The molecule has 6 heteroatoms. The van der Waals surface area contributed by atoms with Gasteiger partial charge in [-0.15, -0.1) is 0 Å². The summed E-state index contributed by atoms with van der Waals surface area (Å²) in [5.74, 6) is 0. The molecule has 0 spiro atoms. The Morgan fingerprint density at radius 2 is 0.656 bits per heavy atom. The Labute approximate surface area is 570 Å². The van der Waals surface area contributed by atoms with Crippen molar-refractivity contribution in [1.29, 1.82) is 0 Å². The van der Waals surface area contributed by atoms with Gasteiger partial charge in [0.15, 0.2) is 0 Å². The van der Waals surface area contributed by atoms with Gasteiger partial charge in [0.05, 0.1) is 11.4 Å². The molecule has 0 atom stereocenters. The molecule has 6 aromatic carbocycles. The molecule has 6 heterocycles. The molecule has 0 saturated heterocycles. The van der Waals surface area contributed by atoms with Gasteiger partial charge in [-0.2, -0.15) is 0 Å². The van der Waals surface area contributed by atoms with Crippen LogP contribution in [0.15, 0.2) is 219 Å². The largest absolute Gasteiger partial charge is 0.261 e. The van der Waals surface area contributed by atoms with Crippen LogP contribution in [-0.2, 0) is 32.5 Å². The number of aryl methyl sites for hydroxylation is 6. The highest BCUT2D eigenvalue weighted by Gasteiger charge is 2.41. The standard InChI is InChI=1S/6C15H15N/c1-10-8-14-12(9-16-10)11-6-4-5-7-13(11)15(14,2)3;1-10-8-12-11-6-4-5-7-13(11)15(2,3)14(12)9-16-10;1-10-14-12(8-9-16-10)11-6-4-5-7-13(11)15(14,2)3;1-10-14-11-6-4-5-7-12(11)15(2,3)13(14)8-9-16-10;1-10-8-9-12-11-6-4-5-7-13(11)15(2,3)14(12)16-10;1-10-8-9-13-14(16-10)11-6-4-5-7-12(11)15(13,2)3/h6*4-9H,1-3H3. The molecule has 96 heavy (non-hydrogen) atoms. The van der Waals surface area contributed by atoms with Gasteiger partial charge in [-0.25, -0.2) is 0 Å². The SMILES string of the molecule is Cc1cc2c(cn1)-c1ccccc1C2(C)C.Cc1cc2c(cn1)C(C)(C)c1ccccc1-2.Cc1ccc2c(n1)-c1ccccc1C2(C)C.Cc1ccc2c(n1)C(C)(C)c1ccccc1-2.Cc1nccc2c1-c1ccccc1C2(C)C.Cc1nccc2c1C(C)(C)c1ccccc1-2. The Bertz CT molecular complexity index is 4800. The quantitative estimate of drug-likeness (QED) is 0.151. The van der Waals surface area contributed by atoms with E-state index in [1.165, 1.54) is 134 Å². The van der Waals surface area contributed by atoms with E-state index < -0.39 is 0 Å². The van der Waals surface area contributed by atoms with E-state index in [2.05, 4.69) is 325 Å². The molecular formula is C90H90N6. The van der Waals surface area contributed by atoms with Crippen LogP contribution in [0.5, 0.6) is 0 Å². The van der Waals surface area contributed by atoms with E-state index in [9.17, 15) is 0 Å². The average Bonchev–Trinajstić information content (AvgIpc) is 1.63. The number of nitrogens with zero attached hydrogens (tertiary/aromatic N) is 6. The van der Waals surface area contributed by atoms with Crippen molar-refractivity contribution in [3.63, 3.8) is 0 Å². The molecule has 6 aromatic heterocycles. The van der Waals surface area contributed by atoms with Crippen molar-refractivity contribution < 1.29 is 0 Å². The molecule has 0 bridgehead atoms. The molecule has 0 saturated carbocycles. The lowest BCUT2D eigenvalue weighted by molar-refractivity contribution is 0.634. The second kappa shape index (κ2) is 24.1. The minimum absolute atomic E-state index is 0.0396. The van der Waals surface area contributed by atoms with E-state index >= 15 is 0 Å². The van der Waals surface area contributed by atoms with Crippen LogP contribution in [0.1, 0.15) is 184 Å². The van der Waals surface area contributed by atoms with Crippen LogP contribution in [0.4, 0.5) is 0 Å². The highest BCUT2D eigenvalue weighted by molar-refractivity contribution is 5.85. The number of hydrogen-bond donors (Lipinski definition) is 0. The third-order valence-electron chi connectivity index (χ3n) is 21.6. The molecule has 480 valence electrons.